The third-order valence-corrected chi connectivity index (χ3v) is 13.1. The number of ether oxygens (including phenoxy) is 2. The molecule has 7 heteroatoms. The Balaban J connectivity index is 1.87. The highest BCUT2D eigenvalue weighted by atomic mass is 28.4. The van der Waals surface area contributed by atoms with Crippen molar-refractivity contribution in [2.75, 3.05) is 6.61 Å². The van der Waals surface area contributed by atoms with E-state index >= 15 is 0 Å². The Morgan fingerprint density at radius 2 is 1.35 bits per heavy atom. The minimum absolute atomic E-state index is 0.178. The molecule has 0 aliphatic heterocycles. The van der Waals surface area contributed by atoms with Gasteiger partial charge in [0, 0.05) is 0 Å². The Hall–Kier alpha value is -3.68. The number of esters is 1. The average molecular weight is 644 g/mol. The lowest BCUT2D eigenvalue weighted by Gasteiger charge is -2.46. The second-order valence-electron chi connectivity index (χ2n) is 14.2. The predicted octanol–water partition coefficient (Wildman–Crippen LogP) is 7.96. The van der Waals surface area contributed by atoms with Crippen molar-refractivity contribution < 1.29 is 23.5 Å². The monoisotopic (exact) mass is 643 g/mol. The molecule has 0 heterocycles. The van der Waals surface area contributed by atoms with Crippen LogP contribution in [0, 0.1) is 20.8 Å². The Kier molecular flexibility index (Phi) is 12.6. The lowest BCUT2D eigenvalue weighted by molar-refractivity contribution is 0.0443. The summed E-state index contributed by atoms with van der Waals surface area (Å²) in [5.41, 5.74) is 2.97. The number of allylic oxidation sites excluding steroid dienone is 1. The molecule has 3 aromatic rings. The summed E-state index contributed by atoms with van der Waals surface area (Å²) in [6.45, 7) is 20.3. The Labute approximate surface area is 277 Å². The van der Waals surface area contributed by atoms with Crippen LogP contribution in [0.1, 0.15) is 88.4 Å². The van der Waals surface area contributed by atoms with Gasteiger partial charge in [0.05, 0.1) is 17.7 Å². The van der Waals surface area contributed by atoms with Gasteiger partial charge in [0.25, 0.3) is 8.32 Å². The zero-order valence-electron chi connectivity index (χ0n) is 29.4. The summed E-state index contributed by atoms with van der Waals surface area (Å²) >= 11 is 0. The van der Waals surface area contributed by atoms with E-state index in [9.17, 15) is 9.59 Å². The van der Waals surface area contributed by atoms with E-state index in [1.54, 1.807) is 0 Å². The largest absolute Gasteiger partial charge is 0.458 e. The molecule has 0 fully saturated rings. The van der Waals surface area contributed by atoms with Crippen molar-refractivity contribution in [1.82, 2.24) is 5.32 Å². The zero-order valence-corrected chi connectivity index (χ0v) is 30.4. The predicted molar refractivity (Wildman–Crippen MR) is 191 cm³/mol. The van der Waals surface area contributed by atoms with E-state index in [2.05, 4.69) is 74.6 Å². The smallest absolute Gasteiger partial charge is 0.407 e. The minimum atomic E-state index is -2.90. The molecular weight excluding hydrogens is 591 g/mol. The van der Waals surface area contributed by atoms with E-state index in [1.807, 2.05) is 84.9 Å². The summed E-state index contributed by atoms with van der Waals surface area (Å²) in [5, 5.41) is 5.18. The summed E-state index contributed by atoms with van der Waals surface area (Å²) in [7, 11) is -2.90. The third kappa shape index (κ3) is 9.66. The maximum absolute atomic E-state index is 12.9. The van der Waals surface area contributed by atoms with Crippen LogP contribution in [0.25, 0.3) is 0 Å². The molecule has 1 N–H and O–H groups in total. The third-order valence-electron chi connectivity index (χ3n) is 8.02. The van der Waals surface area contributed by atoms with E-state index in [0.29, 0.717) is 18.4 Å². The van der Waals surface area contributed by atoms with Crippen LogP contribution in [0.15, 0.2) is 84.9 Å². The van der Waals surface area contributed by atoms with E-state index in [0.717, 1.165) is 16.7 Å². The van der Waals surface area contributed by atoms with Crippen LogP contribution >= 0.6 is 0 Å². The van der Waals surface area contributed by atoms with Crippen molar-refractivity contribution in [3.05, 3.63) is 107 Å². The van der Waals surface area contributed by atoms with Gasteiger partial charge in [-0.05, 0) is 87.8 Å². The highest BCUT2D eigenvalue weighted by molar-refractivity contribution is 6.99. The van der Waals surface area contributed by atoms with Crippen molar-refractivity contribution >= 4 is 30.8 Å². The van der Waals surface area contributed by atoms with Crippen molar-refractivity contribution in [3.63, 3.8) is 0 Å². The Morgan fingerprint density at radius 3 is 1.83 bits per heavy atom. The van der Waals surface area contributed by atoms with Gasteiger partial charge in [-0.25, -0.2) is 9.59 Å². The highest BCUT2D eigenvalue weighted by Gasteiger charge is 2.52. The van der Waals surface area contributed by atoms with Crippen LogP contribution in [0.2, 0.25) is 5.04 Å². The van der Waals surface area contributed by atoms with Gasteiger partial charge in [-0.2, -0.15) is 0 Å². The molecule has 0 radical (unpaired) electrons. The molecule has 0 aromatic heterocycles. The summed E-state index contributed by atoms with van der Waals surface area (Å²) < 4.78 is 18.7. The van der Waals surface area contributed by atoms with E-state index in [1.165, 1.54) is 10.4 Å². The first-order valence-corrected chi connectivity index (χ1v) is 18.1. The van der Waals surface area contributed by atoms with Crippen LogP contribution in [0.4, 0.5) is 4.79 Å². The first kappa shape index (κ1) is 36.8. The van der Waals surface area contributed by atoms with Crippen LogP contribution < -0.4 is 15.7 Å². The SMILES string of the molecule is Cc1cc(C)c(C(=O)OC/C=C/CC[C@H](O[Si](c2ccccc2)(c2ccccc2)C(C)(C)C)[C@H](C)NC(=O)OC(C)(C)C)c(C)c1. The molecule has 3 rings (SSSR count). The molecule has 0 aliphatic rings. The maximum Gasteiger partial charge on any atom is 0.407 e. The molecule has 0 saturated heterocycles. The van der Waals surface area contributed by atoms with E-state index in [4.69, 9.17) is 13.9 Å². The molecule has 0 aliphatic carbocycles. The fourth-order valence-electron chi connectivity index (χ4n) is 6.06. The molecule has 46 heavy (non-hydrogen) atoms. The molecule has 0 saturated carbocycles. The quantitative estimate of drug-likeness (QED) is 0.123. The molecule has 0 bridgehead atoms. The number of benzene rings is 3. The number of alkyl carbamates (subject to hydrolysis) is 1. The standard InChI is InChI=1S/C39H53NO5Si/c1-28-26-29(2)35(30(3)27-28)36(41)43-25-19-13-18-24-34(31(4)40-37(42)44-38(5,6)7)45-46(39(8,9)10,32-20-14-11-15-21-32)33-22-16-12-17-23-33/h11-17,19-23,26-27,31,34H,18,24-25H2,1-10H3,(H,40,42)/b19-13+/t31-,34-/m0/s1. The lowest BCUT2D eigenvalue weighted by Crippen LogP contribution is -2.69. The van der Waals surface area contributed by atoms with Crippen LogP contribution in [0.5, 0.6) is 0 Å². The van der Waals surface area contributed by atoms with E-state index in [-0.39, 0.29) is 29.8 Å². The average Bonchev–Trinajstić information content (AvgIpc) is 2.95. The lowest BCUT2D eigenvalue weighted by atomic mass is 10.00. The van der Waals surface area contributed by atoms with Gasteiger partial charge < -0.3 is 19.2 Å². The number of hydrogen-bond donors (Lipinski definition) is 1. The van der Waals surface area contributed by atoms with Gasteiger partial charge in [-0.15, -0.1) is 0 Å². The van der Waals surface area contributed by atoms with Crippen molar-refractivity contribution in [3.8, 4) is 0 Å². The topological polar surface area (TPSA) is 73.9 Å². The van der Waals surface area contributed by atoms with Crippen LogP contribution in [-0.2, 0) is 13.9 Å². The number of amides is 1. The summed E-state index contributed by atoms with van der Waals surface area (Å²) in [6, 6.07) is 24.6. The molecule has 6 nitrogen and oxygen atoms in total. The van der Waals surface area contributed by atoms with Crippen LogP contribution in [0.3, 0.4) is 0 Å². The van der Waals surface area contributed by atoms with Gasteiger partial charge in [-0.3, -0.25) is 0 Å². The first-order valence-electron chi connectivity index (χ1n) is 16.2. The second kappa shape index (κ2) is 15.7. The van der Waals surface area contributed by atoms with Gasteiger partial charge in [0.1, 0.15) is 12.2 Å². The van der Waals surface area contributed by atoms with Gasteiger partial charge in [0.15, 0.2) is 0 Å². The number of carbonyl (C=O) groups excluding carboxylic acids is 2. The molecule has 1 amide bonds. The zero-order chi connectivity index (χ0) is 34.1. The summed E-state index contributed by atoms with van der Waals surface area (Å²) in [5.74, 6) is -0.317. The summed E-state index contributed by atoms with van der Waals surface area (Å²) in [4.78, 5) is 25.7. The molecule has 2 atom stereocenters. The number of rotatable bonds is 12. The van der Waals surface area contributed by atoms with Crippen molar-refractivity contribution in [2.45, 2.75) is 105 Å². The second-order valence-corrected chi connectivity index (χ2v) is 18.4. The molecule has 248 valence electrons. The number of hydrogen-bond acceptors (Lipinski definition) is 5. The minimum Gasteiger partial charge on any atom is -0.458 e. The van der Waals surface area contributed by atoms with E-state index < -0.39 is 20.0 Å². The molecular formula is C39H53NO5Si. The number of aryl methyl sites for hydroxylation is 3. The van der Waals surface area contributed by atoms with Gasteiger partial charge in [0.2, 0.25) is 0 Å². The molecule has 0 spiro atoms. The molecule has 0 unspecified atom stereocenters. The maximum atomic E-state index is 12.9. The van der Waals surface area contributed by atoms with Gasteiger partial charge >= 0.3 is 12.1 Å². The highest BCUT2D eigenvalue weighted by Crippen LogP contribution is 2.38. The molecule has 3 aromatic carbocycles. The summed E-state index contributed by atoms with van der Waals surface area (Å²) in [6.07, 6.45) is 4.40. The fraction of sp³-hybridized carbons (Fsp3) is 0.436. The van der Waals surface area contributed by atoms with Crippen molar-refractivity contribution in [1.29, 1.82) is 0 Å². The fourth-order valence-corrected chi connectivity index (χ4v) is 10.9. The van der Waals surface area contributed by atoms with Gasteiger partial charge in [-0.1, -0.05) is 111 Å². The number of carbonyl (C=O) groups is 2. The normalized spacial score (nSPS) is 13.7. The van der Waals surface area contributed by atoms with Crippen molar-refractivity contribution in [2.24, 2.45) is 0 Å². The van der Waals surface area contributed by atoms with Crippen LogP contribution in [-0.4, -0.2) is 44.7 Å². The Morgan fingerprint density at radius 1 is 0.826 bits per heavy atom. The first-order chi connectivity index (χ1) is 21.5. The Bertz CT molecular complexity index is 1410. The number of nitrogens with one attached hydrogen (secondary N) is 1.